The Morgan fingerprint density at radius 1 is 1.24 bits per heavy atom. The van der Waals surface area contributed by atoms with Gasteiger partial charge in [0.05, 0.1) is 24.7 Å². The minimum absolute atomic E-state index is 0.496. The van der Waals surface area contributed by atoms with Crippen LogP contribution in [0.15, 0.2) is 36.5 Å². The van der Waals surface area contributed by atoms with Gasteiger partial charge in [0.15, 0.2) is 16.6 Å². The lowest BCUT2D eigenvalue weighted by Crippen LogP contribution is -2.28. The molecular formula is C17H18N6OS. The fourth-order valence-corrected chi connectivity index (χ4v) is 2.56. The second kappa shape index (κ2) is 7.27. The van der Waals surface area contributed by atoms with Crippen LogP contribution in [0.2, 0.25) is 0 Å². The lowest BCUT2D eigenvalue weighted by atomic mass is 10.1. The molecule has 0 radical (unpaired) electrons. The number of nitrogens with one attached hydrogen (secondary N) is 2. The third-order valence-corrected chi connectivity index (χ3v) is 3.76. The third-order valence-electron chi connectivity index (χ3n) is 3.51. The van der Waals surface area contributed by atoms with E-state index in [0.717, 1.165) is 17.8 Å². The van der Waals surface area contributed by atoms with Gasteiger partial charge in [0.2, 0.25) is 0 Å². The van der Waals surface area contributed by atoms with E-state index in [1.165, 1.54) is 0 Å². The first-order valence-electron chi connectivity index (χ1n) is 7.73. The number of thiocarbonyl (C=S) groups is 1. The van der Waals surface area contributed by atoms with E-state index in [2.05, 4.69) is 25.6 Å². The van der Waals surface area contributed by atoms with Gasteiger partial charge in [-0.2, -0.15) is 0 Å². The molecular weight excluding hydrogens is 336 g/mol. The van der Waals surface area contributed by atoms with E-state index >= 15 is 0 Å². The van der Waals surface area contributed by atoms with E-state index in [-0.39, 0.29) is 0 Å². The molecule has 1 aromatic carbocycles. The molecule has 25 heavy (non-hydrogen) atoms. The molecule has 0 fully saturated rings. The first-order valence-corrected chi connectivity index (χ1v) is 8.14. The molecule has 0 bridgehead atoms. The van der Waals surface area contributed by atoms with Crippen molar-refractivity contribution in [3.63, 3.8) is 0 Å². The summed E-state index contributed by atoms with van der Waals surface area (Å²) in [6.07, 6.45) is 1.62. The van der Waals surface area contributed by atoms with Gasteiger partial charge in [0.1, 0.15) is 11.3 Å². The number of ether oxygens (including phenoxy) is 1. The van der Waals surface area contributed by atoms with Crippen molar-refractivity contribution < 1.29 is 4.74 Å². The van der Waals surface area contributed by atoms with Crippen LogP contribution in [0.3, 0.4) is 0 Å². The highest BCUT2D eigenvalue weighted by Crippen LogP contribution is 2.28. The van der Waals surface area contributed by atoms with Gasteiger partial charge in [-0.05, 0) is 43.4 Å². The zero-order chi connectivity index (χ0) is 17.8. The summed E-state index contributed by atoms with van der Waals surface area (Å²) in [5.41, 5.74) is 9.31. The SMILES string of the molecule is CCNC(=S)Nc1cnc2ccc(-c3ccc(N)c(OC)c3)nc2n1. The molecule has 0 atom stereocenters. The van der Waals surface area contributed by atoms with Gasteiger partial charge in [0.25, 0.3) is 0 Å². The van der Waals surface area contributed by atoms with E-state index in [4.69, 9.17) is 22.7 Å². The maximum Gasteiger partial charge on any atom is 0.180 e. The minimum atomic E-state index is 0.496. The number of anilines is 2. The smallest absolute Gasteiger partial charge is 0.180 e. The van der Waals surface area contributed by atoms with Crippen LogP contribution in [0.4, 0.5) is 11.5 Å². The molecule has 2 aromatic heterocycles. The third kappa shape index (κ3) is 3.74. The van der Waals surface area contributed by atoms with Crippen molar-refractivity contribution in [2.24, 2.45) is 0 Å². The number of hydrogen-bond acceptors (Lipinski definition) is 6. The Kier molecular flexibility index (Phi) is 4.90. The normalized spacial score (nSPS) is 10.5. The van der Waals surface area contributed by atoms with Gasteiger partial charge in [-0.25, -0.2) is 15.0 Å². The molecule has 0 spiro atoms. The zero-order valence-electron chi connectivity index (χ0n) is 13.9. The van der Waals surface area contributed by atoms with Crippen LogP contribution < -0.4 is 21.1 Å². The monoisotopic (exact) mass is 354 g/mol. The van der Waals surface area contributed by atoms with Gasteiger partial charge in [0, 0.05) is 12.1 Å². The van der Waals surface area contributed by atoms with E-state index in [1.54, 1.807) is 19.4 Å². The summed E-state index contributed by atoms with van der Waals surface area (Å²) >= 11 is 5.16. The standard InChI is InChI=1S/C17H18N6OS/c1-3-19-17(25)23-15-9-20-13-7-6-12(21-16(13)22-15)10-4-5-11(18)14(8-10)24-2/h4-9H,3,18H2,1-2H3,(H2,19,21,22,23,25). The van der Waals surface area contributed by atoms with E-state index in [9.17, 15) is 0 Å². The highest BCUT2D eigenvalue weighted by Gasteiger charge is 2.08. The largest absolute Gasteiger partial charge is 0.495 e. The Hall–Kier alpha value is -3.00. The quantitative estimate of drug-likeness (QED) is 0.486. The van der Waals surface area contributed by atoms with Crippen molar-refractivity contribution in [3.8, 4) is 17.0 Å². The second-order valence-electron chi connectivity index (χ2n) is 5.24. The van der Waals surface area contributed by atoms with Crippen molar-refractivity contribution in [1.82, 2.24) is 20.3 Å². The first-order chi connectivity index (χ1) is 12.1. The van der Waals surface area contributed by atoms with Crippen LogP contribution >= 0.6 is 12.2 Å². The summed E-state index contributed by atoms with van der Waals surface area (Å²) in [5, 5.41) is 6.49. The molecule has 128 valence electrons. The number of aromatic nitrogens is 3. The average Bonchev–Trinajstić information content (AvgIpc) is 2.61. The number of rotatable bonds is 4. The molecule has 3 aromatic rings. The predicted octanol–water partition coefficient (Wildman–Crippen LogP) is 2.59. The fraction of sp³-hybridized carbons (Fsp3) is 0.176. The summed E-state index contributed by atoms with van der Waals surface area (Å²) in [6.45, 7) is 2.70. The topological polar surface area (TPSA) is 98.0 Å². The number of nitrogen functional groups attached to an aromatic ring is 1. The van der Waals surface area contributed by atoms with Crippen molar-refractivity contribution in [2.75, 3.05) is 24.7 Å². The molecule has 2 heterocycles. The molecule has 0 saturated carbocycles. The molecule has 0 aliphatic rings. The molecule has 0 unspecified atom stereocenters. The highest BCUT2D eigenvalue weighted by molar-refractivity contribution is 7.80. The summed E-state index contributed by atoms with van der Waals surface area (Å²) in [6, 6.07) is 9.29. The van der Waals surface area contributed by atoms with Crippen molar-refractivity contribution in [1.29, 1.82) is 0 Å². The molecule has 0 amide bonds. The van der Waals surface area contributed by atoms with Crippen LogP contribution in [-0.2, 0) is 0 Å². The Morgan fingerprint density at radius 2 is 2.08 bits per heavy atom. The average molecular weight is 354 g/mol. The Labute approximate surface area is 150 Å². The van der Waals surface area contributed by atoms with Crippen LogP contribution in [0, 0.1) is 0 Å². The van der Waals surface area contributed by atoms with Crippen molar-refractivity contribution in [2.45, 2.75) is 6.92 Å². The summed E-state index contributed by atoms with van der Waals surface area (Å²) in [4.78, 5) is 13.4. The maximum absolute atomic E-state index is 5.87. The molecule has 8 heteroatoms. The van der Waals surface area contributed by atoms with Crippen molar-refractivity contribution >= 4 is 40.0 Å². The van der Waals surface area contributed by atoms with E-state index in [0.29, 0.717) is 33.5 Å². The number of fused-ring (bicyclic) bond motifs is 1. The molecule has 7 nitrogen and oxygen atoms in total. The molecule has 0 aliphatic carbocycles. The molecule has 3 rings (SSSR count). The Morgan fingerprint density at radius 3 is 2.84 bits per heavy atom. The Balaban J connectivity index is 1.96. The number of pyridine rings is 1. The number of nitrogens with two attached hydrogens (primary N) is 1. The number of benzene rings is 1. The van der Waals surface area contributed by atoms with Crippen molar-refractivity contribution in [3.05, 3.63) is 36.5 Å². The molecule has 0 saturated heterocycles. The van der Waals surface area contributed by atoms with E-state index in [1.807, 2.05) is 31.2 Å². The first kappa shape index (κ1) is 16.8. The number of nitrogens with zero attached hydrogens (tertiary/aromatic N) is 3. The van der Waals surface area contributed by atoms with Gasteiger partial charge in [-0.3, -0.25) is 0 Å². The lowest BCUT2D eigenvalue weighted by molar-refractivity contribution is 0.417. The lowest BCUT2D eigenvalue weighted by Gasteiger charge is -2.09. The van der Waals surface area contributed by atoms with Crippen LogP contribution in [0.25, 0.3) is 22.4 Å². The van der Waals surface area contributed by atoms with Crippen LogP contribution in [0.5, 0.6) is 5.75 Å². The van der Waals surface area contributed by atoms with Gasteiger partial charge < -0.3 is 21.1 Å². The fourth-order valence-electron chi connectivity index (χ4n) is 2.31. The molecule has 0 aliphatic heterocycles. The summed E-state index contributed by atoms with van der Waals surface area (Å²) < 4.78 is 5.27. The maximum atomic E-state index is 5.87. The summed E-state index contributed by atoms with van der Waals surface area (Å²) in [7, 11) is 1.58. The minimum Gasteiger partial charge on any atom is -0.495 e. The molecule has 4 N–H and O–H groups in total. The predicted molar refractivity (Wildman–Crippen MR) is 104 cm³/mol. The Bertz CT molecular complexity index is 930. The van der Waals surface area contributed by atoms with Gasteiger partial charge >= 0.3 is 0 Å². The van der Waals surface area contributed by atoms with Gasteiger partial charge in [-0.15, -0.1) is 0 Å². The number of hydrogen-bond donors (Lipinski definition) is 3. The summed E-state index contributed by atoms with van der Waals surface area (Å²) in [5.74, 6) is 1.15. The number of methoxy groups -OCH3 is 1. The highest BCUT2D eigenvalue weighted by atomic mass is 32.1. The van der Waals surface area contributed by atoms with E-state index < -0.39 is 0 Å². The second-order valence-corrected chi connectivity index (χ2v) is 5.64. The van der Waals surface area contributed by atoms with Gasteiger partial charge in [-0.1, -0.05) is 6.07 Å². The van der Waals surface area contributed by atoms with Crippen LogP contribution in [-0.4, -0.2) is 33.7 Å². The zero-order valence-corrected chi connectivity index (χ0v) is 14.7. The van der Waals surface area contributed by atoms with Crippen LogP contribution in [0.1, 0.15) is 6.92 Å².